The average Bonchev–Trinajstić information content (AvgIpc) is 1.02. The summed E-state index contributed by atoms with van der Waals surface area (Å²) in [5.74, 6) is 0.262. The molecule has 15 rings (SSSR count). The number of rotatable bonds is 13. The topological polar surface area (TPSA) is 35.9 Å². The van der Waals surface area contributed by atoms with Gasteiger partial charge in [-0.15, -0.1) is 29.7 Å². The van der Waals surface area contributed by atoms with Crippen molar-refractivity contribution in [3.8, 4) is 73.2 Å². The summed E-state index contributed by atoms with van der Waals surface area (Å²) in [7, 11) is -6.31. The van der Waals surface area contributed by atoms with Crippen molar-refractivity contribution in [1.82, 2.24) is 14.1 Å². The van der Waals surface area contributed by atoms with Crippen molar-refractivity contribution in [2.24, 2.45) is 0 Å². The van der Waals surface area contributed by atoms with Crippen LogP contribution in [-0.4, -0.2) is 22.2 Å². The molecular weight excluding hydrogens is 1440 g/mol. The van der Waals surface area contributed by atoms with E-state index in [2.05, 4.69) is 138 Å². The maximum absolute atomic E-state index is 10.9. The van der Waals surface area contributed by atoms with Gasteiger partial charge >= 0.3 is 0 Å². The van der Waals surface area contributed by atoms with Gasteiger partial charge in [-0.25, -0.2) is 4.98 Å². The van der Waals surface area contributed by atoms with Gasteiger partial charge in [0, 0.05) is 54.0 Å². The quantitative estimate of drug-likeness (QED) is 0.0499. The predicted molar refractivity (Wildman–Crippen MR) is 425 cm³/mol. The Morgan fingerprint density at radius 3 is 1.52 bits per heavy atom. The van der Waals surface area contributed by atoms with Crippen LogP contribution in [0.15, 0.2) is 285 Å². The molecule has 0 amide bonds. The number of benzene rings is 12. The minimum absolute atomic E-state index is 0. The largest absolute Gasteiger partial charge is 0.510 e. The van der Waals surface area contributed by atoms with Gasteiger partial charge in [-0.2, -0.15) is 18.2 Å². The number of aromatic nitrogens is 4. The Morgan fingerprint density at radius 2 is 0.961 bits per heavy atom. The fraction of sp³-hybridized carbons (Fsp3) is 0.179. The molecule has 0 aliphatic rings. The zero-order valence-electron chi connectivity index (χ0n) is 85.3. The summed E-state index contributed by atoms with van der Waals surface area (Å²) in [6.45, 7) is 22.9. The molecule has 102 heavy (non-hydrogen) atoms. The first kappa shape index (κ1) is 43.5. The molecule has 12 aromatic carbocycles. The molecule has 0 fully saturated rings. The number of ether oxygens (including phenoxy) is 1. The van der Waals surface area contributed by atoms with E-state index in [1.54, 1.807) is 63.7 Å². The van der Waals surface area contributed by atoms with Crippen molar-refractivity contribution >= 4 is 61.7 Å². The van der Waals surface area contributed by atoms with Crippen LogP contribution in [0.25, 0.3) is 94.5 Å². The Bertz CT molecular complexity index is 6830. The van der Waals surface area contributed by atoms with Crippen molar-refractivity contribution < 1.29 is 67.4 Å². The minimum atomic E-state index is -6.31. The molecule has 0 saturated carbocycles. The van der Waals surface area contributed by atoms with Crippen molar-refractivity contribution in [2.75, 3.05) is 0 Å². The van der Waals surface area contributed by atoms with E-state index in [9.17, 15) is 21.9 Å². The second kappa shape index (κ2) is 26.9. The molecular formula is C95H86N4OPtSi-2. The molecule has 15 aromatic rings. The third kappa shape index (κ3) is 12.9. The Kier molecular flexibility index (Phi) is 11.5. The summed E-state index contributed by atoms with van der Waals surface area (Å²) in [4.78, 5) is 4.75. The van der Waals surface area contributed by atoms with E-state index < -0.39 is 186 Å². The van der Waals surface area contributed by atoms with Gasteiger partial charge < -0.3 is 13.9 Å². The van der Waals surface area contributed by atoms with Gasteiger partial charge in [-0.1, -0.05) is 319 Å². The van der Waals surface area contributed by atoms with Crippen LogP contribution in [0.1, 0.15) is 148 Å². The molecule has 0 aliphatic heterocycles. The molecule has 3 heterocycles. The number of imidazole rings is 1. The second-order valence-electron chi connectivity index (χ2n) is 29.3. The normalized spacial score (nSPS) is 16.1. The second-order valence-corrected chi connectivity index (χ2v) is 32.8. The first-order chi connectivity index (χ1) is 59.7. The van der Waals surface area contributed by atoms with E-state index in [-0.39, 0.29) is 93.5 Å². The molecule has 0 radical (unpaired) electrons. The van der Waals surface area contributed by atoms with Crippen LogP contribution in [0.3, 0.4) is 0 Å². The molecule has 0 atom stereocenters. The van der Waals surface area contributed by atoms with Gasteiger partial charge in [0.15, 0.2) is 8.07 Å². The first-order valence-electron chi connectivity index (χ1n) is 46.7. The molecule has 0 bridgehead atoms. The number of hydrogen-bond acceptors (Lipinski definition) is 2. The molecule has 5 nitrogen and oxygen atoms in total. The van der Waals surface area contributed by atoms with E-state index in [0.717, 1.165) is 44.5 Å². The van der Waals surface area contributed by atoms with Crippen molar-refractivity contribution in [2.45, 2.75) is 112 Å². The van der Waals surface area contributed by atoms with Crippen LogP contribution in [-0.2, 0) is 42.7 Å². The number of para-hydroxylation sites is 2. The molecule has 7 heteroatoms. The van der Waals surface area contributed by atoms with Crippen molar-refractivity contribution in [3.05, 3.63) is 331 Å². The minimum Gasteiger partial charge on any atom is -0.510 e. The van der Waals surface area contributed by atoms with Crippen molar-refractivity contribution in [1.29, 1.82) is 0 Å². The van der Waals surface area contributed by atoms with E-state index in [1.807, 2.05) is 34.9 Å². The maximum Gasteiger partial charge on any atom is 0.268 e. The summed E-state index contributed by atoms with van der Waals surface area (Å²) < 4.78 is 264. The van der Waals surface area contributed by atoms with E-state index in [0.29, 0.717) is 33.0 Å². The zero-order chi connectivity index (χ0) is 93.6. The third-order valence-electron chi connectivity index (χ3n) is 18.4. The number of pyridine rings is 1. The van der Waals surface area contributed by atoms with Gasteiger partial charge in [-0.05, 0) is 145 Å². The fourth-order valence-corrected chi connectivity index (χ4v) is 16.5. The van der Waals surface area contributed by atoms with Gasteiger partial charge in [-0.3, -0.25) is 4.57 Å². The van der Waals surface area contributed by atoms with Gasteiger partial charge in [0.2, 0.25) is 0 Å². The van der Waals surface area contributed by atoms with Gasteiger partial charge in [0.1, 0.15) is 5.82 Å². The molecule has 0 N–H and O–H groups in total. The molecule has 3 aromatic heterocycles. The van der Waals surface area contributed by atoms with Crippen LogP contribution in [0.5, 0.6) is 11.5 Å². The van der Waals surface area contributed by atoms with Crippen LogP contribution in [0.4, 0.5) is 0 Å². The molecule has 0 saturated heterocycles. The van der Waals surface area contributed by atoms with Crippen LogP contribution < -0.4 is 30.1 Å². The van der Waals surface area contributed by atoms with Gasteiger partial charge in [0.25, 0.3) is 6.33 Å². The monoisotopic (exact) mass is 1550 g/mol. The molecule has 0 spiro atoms. The third-order valence-corrected chi connectivity index (χ3v) is 22.4. The van der Waals surface area contributed by atoms with Crippen LogP contribution in [0, 0.1) is 25.3 Å². The number of nitrogens with zero attached hydrogens (tertiary/aromatic N) is 4. The Labute approximate surface area is 656 Å². The predicted octanol–water partition coefficient (Wildman–Crippen LogP) is 21.1. The smallest absolute Gasteiger partial charge is 0.268 e. The standard InChI is InChI=1S/C95H86N4OSi.Pt/c1-64-51-90(96-62-85(64)65-31-18-14-19-32-65)99-86-46-27-26-43-83(86)84-49-48-76(61-88(84)99)100-75-35-29-34-74(60-75)97-63-98(87-50-47-67(57-89(87)97)66-33-28-42-80(56-66)101(77-36-20-15-21-37-77,78-38-22-16-23-39-78)79-40-24-17-25-41-79)91-81(68-52-70(92(2,3)4)58-71(53-68)93(5,6)7)44-30-45-82(91)69-54-72(94(8,9)10)59-73(55-69)95(11,12)13;/h14-59,62H,1-13H3;/q-2;/i1D3,14D,15D,16D,17D,18D,19D,20D,21D,22D,23D,24D,25D,28D,31D,32D,33D,36D,37D,38D,39D,40D,41D,42D,56D;. The fourth-order valence-electron chi connectivity index (χ4n) is 13.0. The summed E-state index contributed by atoms with van der Waals surface area (Å²) in [5.41, 5.74) is 6.62. The number of hydrogen-bond donors (Lipinski definition) is 0. The van der Waals surface area contributed by atoms with Crippen molar-refractivity contribution in [3.63, 3.8) is 0 Å². The Hall–Kier alpha value is -10.2. The van der Waals surface area contributed by atoms with Gasteiger partial charge in [0.05, 0.1) is 49.6 Å². The summed E-state index contributed by atoms with van der Waals surface area (Å²) in [6.07, 6.45) is 4.92. The van der Waals surface area contributed by atoms with Crippen LogP contribution in [0.2, 0.25) is 0 Å². The summed E-state index contributed by atoms with van der Waals surface area (Å²) >= 11 is 0. The maximum atomic E-state index is 10.9. The van der Waals surface area contributed by atoms with Crippen LogP contribution >= 0.6 is 0 Å². The zero-order valence-corrected chi connectivity index (χ0v) is 61.6. The number of fused-ring (bicyclic) bond motifs is 4. The SMILES string of the molecule is [2H]c1c([2H])c([2H])c(-c2cnc(-n3c4[c-]c(Oc5[c-]c(-n6[c-][n+](-c7c(-c8cc(C(C)(C)C)cc(C(C)(C)C)c8)cccc7-c7cc(C(C)(C)C)cc(C(C)(C)C)c7)c7ccc(-c8c([2H])c([2H])c([2H])c([Si](c9c([2H])c([2H])c([2H])c([2H])c9[2H])(c9c([2H])c([2H])c([2H])c([2H])c9[2H])c9c([2H])c([2H])c([2H])c([2H])c9[2H])c8[2H])cc76)ccc5)ccc4c4ccccc43)cc2C([2H])([2H])[2H])c([2H])c1[2H].[Pt]. The molecule has 508 valence electrons. The first-order valence-corrected chi connectivity index (χ1v) is 35.2. The van der Waals surface area contributed by atoms with E-state index in [4.69, 9.17) is 24.8 Å². The molecule has 0 aliphatic carbocycles. The Morgan fingerprint density at radius 1 is 0.441 bits per heavy atom. The summed E-state index contributed by atoms with van der Waals surface area (Å²) in [6, 6.07) is 24.3. The van der Waals surface area contributed by atoms with E-state index in [1.165, 1.54) is 18.3 Å². The number of aryl methyl sites for hydroxylation is 1. The Balaban J connectivity index is 0.0000134. The summed E-state index contributed by atoms with van der Waals surface area (Å²) in [5, 5.41) is -2.59. The van der Waals surface area contributed by atoms with E-state index >= 15 is 0 Å². The average molecular weight is 1550 g/mol. The molecule has 0 unspecified atom stereocenters.